The van der Waals surface area contributed by atoms with Crippen LogP contribution in [0.5, 0.6) is 0 Å². The minimum Gasteiger partial charge on any atom is -0.298 e. The number of Topliss-reactive ketones (excluding diaryl/α,β-unsaturated/α-hetero) is 1. The van der Waals surface area contributed by atoms with Gasteiger partial charge in [-0.3, -0.25) is 9.69 Å². The van der Waals surface area contributed by atoms with Gasteiger partial charge in [-0.1, -0.05) is 13.8 Å². The molecule has 0 aromatic rings. The second-order valence-corrected chi connectivity index (χ2v) is 4.52. The van der Waals surface area contributed by atoms with Crippen molar-refractivity contribution >= 4 is 5.78 Å². The molecule has 1 fully saturated rings. The van der Waals surface area contributed by atoms with Crippen molar-refractivity contribution in [3.05, 3.63) is 0 Å². The molecule has 0 amide bonds. The normalized spacial score (nSPS) is 32.9. The lowest BCUT2D eigenvalue weighted by Gasteiger charge is -2.37. The molecule has 0 spiro atoms. The van der Waals surface area contributed by atoms with Crippen molar-refractivity contribution in [2.75, 3.05) is 13.1 Å². The van der Waals surface area contributed by atoms with Crippen molar-refractivity contribution in [1.29, 1.82) is 0 Å². The number of piperidine rings is 1. The SMILES string of the molecule is CC(=O)C(C)N1CCC(C)C(C)C1. The molecule has 0 saturated carbocycles. The third-order valence-electron chi connectivity index (χ3n) is 3.50. The summed E-state index contributed by atoms with van der Waals surface area (Å²) in [5.41, 5.74) is 0. The molecule has 0 N–H and O–H groups in total. The zero-order chi connectivity index (χ0) is 10.0. The Bertz CT molecular complexity index is 191. The Morgan fingerprint density at radius 3 is 2.46 bits per heavy atom. The third kappa shape index (κ3) is 2.53. The van der Waals surface area contributed by atoms with Crippen LogP contribution in [0.4, 0.5) is 0 Å². The Labute approximate surface area is 81.3 Å². The van der Waals surface area contributed by atoms with Gasteiger partial charge in [0.25, 0.3) is 0 Å². The van der Waals surface area contributed by atoms with Crippen molar-refractivity contribution < 1.29 is 4.79 Å². The van der Waals surface area contributed by atoms with Gasteiger partial charge in [0, 0.05) is 6.54 Å². The molecule has 2 nitrogen and oxygen atoms in total. The second kappa shape index (κ2) is 4.23. The van der Waals surface area contributed by atoms with E-state index in [1.54, 1.807) is 6.92 Å². The van der Waals surface area contributed by atoms with Crippen molar-refractivity contribution in [2.45, 2.75) is 40.2 Å². The molecule has 1 aliphatic heterocycles. The van der Waals surface area contributed by atoms with E-state index in [2.05, 4.69) is 18.7 Å². The molecule has 1 saturated heterocycles. The first-order chi connectivity index (χ1) is 6.02. The van der Waals surface area contributed by atoms with Crippen LogP contribution in [-0.2, 0) is 4.79 Å². The predicted molar refractivity (Wildman–Crippen MR) is 54.7 cm³/mol. The molecule has 2 heteroatoms. The quantitative estimate of drug-likeness (QED) is 0.652. The number of rotatable bonds is 2. The van der Waals surface area contributed by atoms with E-state index < -0.39 is 0 Å². The van der Waals surface area contributed by atoms with Crippen molar-refractivity contribution in [2.24, 2.45) is 11.8 Å². The molecule has 3 unspecified atom stereocenters. The van der Waals surface area contributed by atoms with E-state index in [9.17, 15) is 4.79 Å². The fraction of sp³-hybridized carbons (Fsp3) is 0.909. The Morgan fingerprint density at radius 2 is 2.00 bits per heavy atom. The number of likely N-dealkylation sites (tertiary alicyclic amines) is 1. The zero-order valence-corrected chi connectivity index (χ0v) is 9.21. The number of ketones is 1. The molecule has 0 aliphatic carbocycles. The summed E-state index contributed by atoms with van der Waals surface area (Å²) in [6.45, 7) is 10.5. The lowest BCUT2D eigenvalue weighted by atomic mass is 9.88. The number of hydrogen-bond donors (Lipinski definition) is 0. The zero-order valence-electron chi connectivity index (χ0n) is 9.21. The molecule has 3 atom stereocenters. The molecular formula is C11H21NO. The average molecular weight is 183 g/mol. The summed E-state index contributed by atoms with van der Waals surface area (Å²) >= 11 is 0. The summed E-state index contributed by atoms with van der Waals surface area (Å²) in [5.74, 6) is 1.84. The maximum Gasteiger partial charge on any atom is 0.146 e. The van der Waals surface area contributed by atoms with Gasteiger partial charge < -0.3 is 0 Å². The molecule has 0 aromatic heterocycles. The van der Waals surface area contributed by atoms with Crippen LogP contribution >= 0.6 is 0 Å². The van der Waals surface area contributed by atoms with E-state index in [-0.39, 0.29) is 6.04 Å². The standard InChI is InChI=1S/C11H21NO/c1-8-5-6-12(7-9(8)2)10(3)11(4)13/h8-10H,5-7H2,1-4H3. The minimum atomic E-state index is 0.120. The van der Waals surface area contributed by atoms with Gasteiger partial charge >= 0.3 is 0 Å². The van der Waals surface area contributed by atoms with E-state index in [0.717, 1.165) is 24.9 Å². The first-order valence-electron chi connectivity index (χ1n) is 5.27. The molecule has 1 heterocycles. The Morgan fingerprint density at radius 1 is 1.38 bits per heavy atom. The number of carbonyl (C=O) groups is 1. The summed E-state index contributed by atoms with van der Waals surface area (Å²) in [6.07, 6.45) is 1.23. The van der Waals surface area contributed by atoms with E-state index in [1.807, 2.05) is 6.92 Å². The molecule has 13 heavy (non-hydrogen) atoms. The van der Waals surface area contributed by atoms with Crippen molar-refractivity contribution in [3.63, 3.8) is 0 Å². The highest BCUT2D eigenvalue weighted by atomic mass is 16.1. The van der Waals surface area contributed by atoms with Gasteiger partial charge in [0.2, 0.25) is 0 Å². The average Bonchev–Trinajstić information content (AvgIpc) is 2.08. The smallest absolute Gasteiger partial charge is 0.146 e. The summed E-state index contributed by atoms with van der Waals surface area (Å²) < 4.78 is 0. The maximum absolute atomic E-state index is 11.2. The van der Waals surface area contributed by atoms with Gasteiger partial charge in [-0.05, 0) is 38.6 Å². The molecule has 0 radical (unpaired) electrons. The molecule has 0 bridgehead atoms. The van der Waals surface area contributed by atoms with Gasteiger partial charge in [-0.25, -0.2) is 0 Å². The number of carbonyl (C=O) groups excluding carboxylic acids is 1. The first-order valence-corrected chi connectivity index (χ1v) is 5.27. The largest absolute Gasteiger partial charge is 0.298 e. The van der Waals surface area contributed by atoms with Crippen molar-refractivity contribution in [3.8, 4) is 0 Å². The Hall–Kier alpha value is -0.370. The molecule has 76 valence electrons. The summed E-state index contributed by atoms with van der Waals surface area (Å²) in [4.78, 5) is 13.5. The lowest BCUT2D eigenvalue weighted by molar-refractivity contribution is -0.122. The van der Waals surface area contributed by atoms with Gasteiger partial charge in [-0.15, -0.1) is 0 Å². The van der Waals surface area contributed by atoms with Crippen LogP contribution in [0.2, 0.25) is 0 Å². The van der Waals surface area contributed by atoms with Gasteiger partial charge in [0.05, 0.1) is 6.04 Å². The molecule has 0 aromatic carbocycles. The second-order valence-electron chi connectivity index (χ2n) is 4.52. The van der Waals surface area contributed by atoms with Crippen LogP contribution in [0, 0.1) is 11.8 Å². The Balaban J connectivity index is 2.50. The van der Waals surface area contributed by atoms with Crippen LogP contribution in [0.1, 0.15) is 34.1 Å². The van der Waals surface area contributed by atoms with E-state index in [1.165, 1.54) is 6.42 Å². The lowest BCUT2D eigenvalue weighted by Crippen LogP contribution is -2.46. The number of nitrogens with zero attached hydrogens (tertiary/aromatic N) is 1. The maximum atomic E-state index is 11.2. The van der Waals surface area contributed by atoms with Gasteiger partial charge in [0.1, 0.15) is 5.78 Å². The van der Waals surface area contributed by atoms with Crippen molar-refractivity contribution in [1.82, 2.24) is 4.90 Å². The molecular weight excluding hydrogens is 162 g/mol. The summed E-state index contributed by atoms with van der Waals surface area (Å²) in [5, 5.41) is 0. The third-order valence-corrected chi connectivity index (χ3v) is 3.50. The molecule has 1 rings (SSSR count). The van der Waals surface area contributed by atoms with Crippen LogP contribution < -0.4 is 0 Å². The summed E-state index contributed by atoms with van der Waals surface area (Å²) in [6, 6.07) is 0.120. The fourth-order valence-corrected chi connectivity index (χ4v) is 1.90. The van der Waals surface area contributed by atoms with Gasteiger partial charge in [-0.2, -0.15) is 0 Å². The predicted octanol–water partition coefficient (Wildman–Crippen LogP) is 1.94. The van der Waals surface area contributed by atoms with E-state index in [4.69, 9.17) is 0 Å². The fourth-order valence-electron chi connectivity index (χ4n) is 1.90. The highest BCUT2D eigenvalue weighted by Gasteiger charge is 2.27. The molecule has 1 aliphatic rings. The topological polar surface area (TPSA) is 20.3 Å². The van der Waals surface area contributed by atoms with Gasteiger partial charge in [0.15, 0.2) is 0 Å². The van der Waals surface area contributed by atoms with Crippen LogP contribution in [0.3, 0.4) is 0 Å². The Kier molecular flexibility index (Phi) is 3.48. The van der Waals surface area contributed by atoms with Crippen LogP contribution in [0.25, 0.3) is 0 Å². The summed E-state index contributed by atoms with van der Waals surface area (Å²) in [7, 11) is 0. The highest BCUT2D eigenvalue weighted by Crippen LogP contribution is 2.23. The number of hydrogen-bond acceptors (Lipinski definition) is 2. The minimum absolute atomic E-state index is 0.120. The first kappa shape index (κ1) is 10.7. The highest BCUT2D eigenvalue weighted by molar-refractivity contribution is 5.80. The van der Waals surface area contributed by atoms with E-state index in [0.29, 0.717) is 5.78 Å². The van der Waals surface area contributed by atoms with Crippen LogP contribution in [-0.4, -0.2) is 29.8 Å². The monoisotopic (exact) mass is 183 g/mol. The van der Waals surface area contributed by atoms with E-state index >= 15 is 0 Å². The van der Waals surface area contributed by atoms with Crippen LogP contribution in [0.15, 0.2) is 0 Å².